The van der Waals surface area contributed by atoms with Gasteiger partial charge in [0, 0.05) is 38.4 Å². The molecule has 0 saturated carbocycles. The van der Waals surface area contributed by atoms with Crippen molar-refractivity contribution in [3.8, 4) is 0 Å². The lowest BCUT2D eigenvalue weighted by Gasteiger charge is -2.24. The number of nitrogen functional groups attached to an aromatic ring is 1. The Morgan fingerprint density at radius 3 is 2.50 bits per heavy atom. The maximum Gasteiger partial charge on any atom is 0.500 e. The van der Waals surface area contributed by atoms with Crippen LogP contribution in [0.4, 0.5) is 0 Å². The first kappa shape index (κ1) is 15.7. The van der Waals surface area contributed by atoms with E-state index in [0.29, 0.717) is 0 Å². The monoisotopic (exact) mass is 312 g/mol. The van der Waals surface area contributed by atoms with Crippen molar-refractivity contribution in [2.45, 2.75) is 18.9 Å². The molecule has 1 heterocycles. The molecular formula is C8H20N4O3S2Si. The summed E-state index contributed by atoms with van der Waals surface area (Å²) in [5.74, 6) is 5.64. The predicted octanol–water partition coefficient (Wildman–Crippen LogP) is 1.02. The van der Waals surface area contributed by atoms with Crippen molar-refractivity contribution in [1.82, 2.24) is 13.5 Å². The number of aromatic nitrogens is 3. The minimum absolute atomic E-state index is 0.763. The molecule has 10 heteroatoms. The van der Waals surface area contributed by atoms with E-state index in [1.54, 1.807) is 21.3 Å². The fourth-order valence-corrected chi connectivity index (χ4v) is 4.45. The highest BCUT2D eigenvalue weighted by Crippen LogP contribution is 2.18. The molecule has 0 aliphatic carbocycles. The van der Waals surface area contributed by atoms with E-state index in [0.717, 1.165) is 23.8 Å². The van der Waals surface area contributed by atoms with Crippen LogP contribution in [0.25, 0.3) is 0 Å². The molecule has 106 valence electrons. The predicted molar refractivity (Wildman–Crippen MR) is 76.7 cm³/mol. The number of H-pyrrole nitrogens is 1. The third kappa shape index (κ3) is 4.37. The van der Waals surface area contributed by atoms with Gasteiger partial charge in [0.05, 0.1) is 0 Å². The molecule has 3 N–H and O–H groups in total. The molecule has 18 heavy (non-hydrogen) atoms. The number of hydrogen-bond acceptors (Lipinski definition) is 6. The largest absolute Gasteiger partial charge is 0.500 e. The second kappa shape index (κ2) is 7.26. The standard InChI is InChI=1S/C8H20N4O3S2Si/c1-13-18(14-2,15-3)6-4-5-8-7-11(16)10-12(9)17-8/h7,10,16H,4-6,9H2,1-3H3. The molecule has 0 spiro atoms. The Kier molecular flexibility index (Phi) is 6.32. The Balaban J connectivity index is 2.55. The van der Waals surface area contributed by atoms with Gasteiger partial charge in [-0.1, -0.05) is 0 Å². The van der Waals surface area contributed by atoms with E-state index in [9.17, 15) is 0 Å². The van der Waals surface area contributed by atoms with Gasteiger partial charge in [-0.25, -0.2) is 9.30 Å². The summed E-state index contributed by atoms with van der Waals surface area (Å²) in [5.41, 5.74) is 0. The molecule has 0 unspecified atom stereocenters. The molecule has 0 amide bonds. The third-order valence-corrected chi connectivity index (χ3v) is 6.38. The zero-order valence-electron chi connectivity index (χ0n) is 10.8. The van der Waals surface area contributed by atoms with Crippen molar-refractivity contribution in [2.75, 3.05) is 27.2 Å². The lowest BCUT2D eigenvalue weighted by atomic mass is 10.3. The van der Waals surface area contributed by atoms with E-state index in [-0.39, 0.29) is 0 Å². The topological polar surface area (TPSA) is 79.4 Å². The van der Waals surface area contributed by atoms with E-state index < -0.39 is 8.80 Å². The van der Waals surface area contributed by atoms with E-state index in [1.165, 1.54) is 19.8 Å². The Morgan fingerprint density at radius 2 is 2.00 bits per heavy atom. The summed E-state index contributed by atoms with van der Waals surface area (Å²) in [4.78, 5) is 1.11. The number of aryl methyl sites for hydroxylation is 1. The summed E-state index contributed by atoms with van der Waals surface area (Å²) in [6.45, 7) is 0. The molecule has 1 rings (SSSR count). The van der Waals surface area contributed by atoms with Crippen LogP contribution < -0.4 is 5.84 Å². The molecular weight excluding hydrogens is 292 g/mol. The fraction of sp³-hybridized carbons (Fsp3) is 0.750. The molecule has 0 radical (unpaired) electrons. The number of aromatic amines is 1. The van der Waals surface area contributed by atoms with Gasteiger partial charge in [-0.15, -0.1) is 4.18 Å². The van der Waals surface area contributed by atoms with Crippen molar-refractivity contribution in [2.24, 2.45) is 0 Å². The van der Waals surface area contributed by atoms with Gasteiger partial charge in [0.2, 0.25) is 0 Å². The lowest BCUT2D eigenvalue weighted by molar-refractivity contribution is 0.123. The first-order valence-electron chi connectivity index (χ1n) is 5.38. The van der Waals surface area contributed by atoms with Crippen molar-refractivity contribution < 1.29 is 13.3 Å². The van der Waals surface area contributed by atoms with Gasteiger partial charge >= 0.3 is 8.80 Å². The number of nitrogens with two attached hydrogens (primary N) is 1. The summed E-state index contributed by atoms with van der Waals surface area (Å²) in [6.07, 6.45) is 3.64. The van der Waals surface area contributed by atoms with Crippen LogP contribution in [0.5, 0.6) is 0 Å². The number of thiol groups is 1. The van der Waals surface area contributed by atoms with E-state index in [4.69, 9.17) is 19.1 Å². The van der Waals surface area contributed by atoms with Crippen LogP contribution in [-0.4, -0.2) is 43.6 Å². The SMILES string of the molecule is CO[Si](CCCc1cn(S)[nH]n(N)s1)(OC)OC. The maximum atomic E-state index is 5.64. The fourth-order valence-electron chi connectivity index (χ4n) is 1.58. The Hall–Kier alpha value is -0.393. The van der Waals surface area contributed by atoms with Crippen LogP contribution >= 0.6 is 24.3 Å². The van der Waals surface area contributed by atoms with Gasteiger partial charge in [-0.05, 0) is 37.2 Å². The summed E-state index contributed by atoms with van der Waals surface area (Å²) < 4.78 is 19.0. The van der Waals surface area contributed by atoms with Gasteiger partial charge in [0.25, 0.3) is 0 Å². The maximum absolute atomic E-state index is 5.64. The number of rotatable bonds is 7. The molecule has 1 aromatic heterocycles. The summed E-state index contributed by atoms with van der Waals surface area (Å²) in [6, 6.07) is 0.763. The van der Waals surface area contributed by atoms with Crippen molar-refractivity contribution in [3.63, 3.8) is 0 Å². The van der Waals surface area contributed by atoms with Crippen LogP contribution in [0.1, 0.15) is 11.3 Å². The van der Waals surface area contributed by atoms with Gasteiger partial charge < -0.3 is 19.1 Å². The van der Waals surface area contributed by atoms with E-state index >= 15 is 0 Å². The Morgan fingerprint density at radius 1 is 1.39 bits per heavy atom. The summed E-state index contributed by atoms with van der Waals surface area (Å²) in [5, 5.41) is 2.78. The molecule has 0 aliphatic heterocycles. The zero-order chi connectivity index (χ0) is 13.6. The number of hydrogen-bond donors (Lipinski definition) is 3. The molecule has 0 aromatic carbocycles. The minimum Gasteiger partial charge on any atom is -0.377 e. The number of nitrogens with zero attached hydrogens (tertiary/aromatic N) is 2. The lowest BCUT2D eigenvalue weighted by Crippen LogP contribution is -2.42. The molecule has 0 saturated heterocycles. The average molecular weight is 312 g/mol. The van der Waals surface area contributed by atoms with Gasteiger partial charge in [0.15, 0.2) is 0 Å². The highest BCUT2D eigenvalue weighted by molar-refractivity contribution is 7.78. The smallest absolute Gasteiger partial charge is 0.377 e. The first-order valence-corrected chi connectivity index (χ1v) is 8.49. The van der Waals surface area contributed by atoms with Crippen molar-refractivity contribution >= 4 is 33.2 Å². The first-order chi connectivity index (χ1) is 8.55. The number of nitrogens with one attached hydrogen (secondary N) is 1. The molecule has 0 bridgehead atoms. The van der Waals surface area contributed by atoms with Crippen LogP contribution in [0.2, 0.25) is 6.04 Å². The average Bonchev–Trinajstić information content (AvgIpc) is 2.34. The Labute approximate surface area is 117 Å². The van der Waals surface area contributed by atoms with Crippen LogP contribution in [0.3, 0.4) is 0 Å². The Bertz CT molecular complexity index is 366. The van der Waals surface area contributed by atoms with Gasteiger partial charge in [-0.3, -0.25) is 0 Å². The minimum atomic E-state index is -2.47. The zero-order valence-corrected chi connectivity index (χ0v) is 13.5. The molecule has 0 fully saturated rings. The normalized spacial score (nSPS) is 11.8. The van der Waals surface area contributed by atoms with E-state index in [1.807, 2.05) is 6.20 Å². The molecule has 0 atom stereocenters. The molecule has 0 aliphatic rings. The molecule has 7 nitrogen and oxygen atoms in total. The third-order valence-electron chi connectivity index (χ3n) is 2.52. The highest BCUT2D eigenvalue weighted by atomic mass is 32.1. The summed E-state index contributed by atoms with van der Waals surface area (Å²) >= 11 is 5.59. The quantitative estimate of drug-likeness (QED) is 0.399. The van der Waals surface area contributed by atoms with Gasteiger partial charge in [-0.2, -0.15) is 0 Å². The van der Waals surface area contributed by atoms with Crippen LogP contribution in [0.15, 0.2) is 6.20 Å². The summed E-state index contributed by atoms with van der Waals surface area (Å²) in [7, 11) is 2.39. The van der Waals surface area contributed by atoms with Gasteiger partial charge in [0.1, 0.15) is 0 Å². The van der Waals surface area contributed by atoms with E-state index in [2.05, 4.69) is 18.0 Å². The van der Waals surface area contributed by atoms with Crippen molar-refractivity contribution in [3.05, 3.63) is 11.1 Å². The van der Waals surface area contributed by atoms with Crippen molar-refractivity contribution in [1.29, 1.82) is 0 Å². The van der Waals surface area contributed by atoms with Crippen LogP contribution in [0, 0.1) is 0 Å². The second-order valence-electron chi connectivity index (χ2n) is 3.61. The molecule has 1 aromatic rings. The van der Waals surface area contributed by atoms with Crippen LogP contribution in [-0.2, 0) is 19.7 Å². The highest BCUT2D eigenvalue weighted by Gasteiger charge is 2.36. The second-order valence-corrected chi connectivity index (χ2v) is 8.23.